The molecule has 3 rings (SSSR count). The third-order valence-electron chi connectivity index (χ3n) is 3.74. The summed E-state index contributed by atoms with van der Waals surface area (Å²) >= 11 is 12.3. The first-order chi connectivity index (χ1) is 12.8. The molecular formula is C17H15Cl2F2N5O. The third kappa shape index (κ3) is 4.64. The Hall–Kier alpha value is -2.45. The van der Waals surface area contributed by atoms with Crippen molar-refractivity contribution in [3.05, 3.63) is 63.5 Å². The molecule has 0 saturated heterocycles. The molecule has 0 spiro atoms. The number of hydrogen-bond acceptors (Lipinski definition) is 3. The Bertz CT molecular complexity index is 950. The summed E-state index contributed by atoms with van der Waals surface area (Å²) in [6, 6.07) is 8.03. The van der Waals surface area contributed by atoms with Gasteiger partial charge in [0.05, 0.1) is 12.2 Å². The predicted molar refractivity (Wildman–Crippen MR) is 98.3 cm³/mol. The highest BCUT2D eigenvalue weighted by molar-refractivity contribution is 6.35. The molecule has 1 N–H and O–H groups in total. The number of carbonyl (C=O) groups excluding carboxylic acids is 1. The minimum Gasteiger partial charge on any atom is -0.308 e. The predicted octanol–water partition coefficient (Wildman–Crippen LogP) is 4.32. The van der Waals surface area contributed by atoms with Gasteiger partial charge in [-0.15, -0.1) is 0 Å². The minimum absolute atomic E-state index is 0.283. The van der Waals surface area contributed by atoms with E-state index in [4.69, 9.17) is 23.2 Å². The van der Waals surface area contributed by atoms with E-state index in [2.05, 4.69) is 15.5 Å². The number of nitrogens with zero attached hydrogens (tertiary/aromatic N) is 4. The lowest BCUT2D eigenvalue weighted by Gasteiger charge is -2.08. The van der Waals surface area contributed by atoms with Gasteiger partial charge in [-0.05, 0) is 25.1 Å². The molecule has 2 aromatic heterocycles. The number of anilines is 1. The van der Waals surface area contributed by atoms with Crippen molar-refractivity contribution in [2.45, 2.75) is 26.4 Å². The Kier molecular flexibility index (Phi) is 5.76. The molecule has 27 heavy (non-hydrogen) atoms. The quantitative estimate of drug-likeness (QED) is 0.654. The lowest BCUT2D eigenvalue weighted by molar-refractivity contribution is -0.117. The van der Waals surface area contributed by atoms with Crippen LogP contribution < -0.4 is 5.32 Å². The van der Waals surface area contributed by atoms with Crippen LogP contribution in [0, 0.1) is 6.92 Å². The highest BCUT2D eigenvalue weighted by Gasteiger charge is 2.17. The number of amides is 1. The largest absolute Gasteiger partial charge is 0.308 e. The Morgan fingerprint density at radius 3 is 2.59 bits per heavy atom. The topological polar surface area (TPSA) is 64.7 Å². The number of aryl methyl sites for hydroxylation is 1. The van der Waals surface area contributed by atoms with Crippen LogP contribution in [0.4, 0.5) is 14.6 Å². The molecule has 0 aliphatic carbocycles. The Morgan fingerprint density at radius 2 is 1.93 bits per heavy atom. The first-order valence-corrected chi connectivity index (χ1v) is 8.68. The van der Waals surface area contributed by atoms with Crippen molar-refractivity contribution < 1.29 is 13.6 Å². The summed E-state index contributed by atoms with van der Waals surface area (Å²) in [5.41, 5.74) is 0.816. The number of halogens is 4. The van der Waals surface area contributed by atoms with Crippen LogP contribution in [0.5, 0.6) is 0 Å². The molecule has 0 aliphatic heterocycles. The summed E-state index contributed by atoms with van der Waals surface area (Å²) in [5.74, 6) is -0.230. The van der Waals surface area contributed by atoms with Crippen molar-refractivity contribution in [3.63, 3.8) is 0 Å². The highest BCUT2D eigenvalue weighted by atomic mass is 35.5. The summed E-state index contributed by atoms with van der Waals surface area (Å²) in [4.78, 5) is 12.1. The fourth-order valence-corrected chi connectivity index (χ4v) is 3.06. The first-order valence-electron chi connectivity index (χ1n) is 7.92. The van der Waals surface area contributed by atoms with E-state index in [1.807, 2.05) is 0 Å². The van der Waals surface area contributed by atoms with Crippen LogP contribution in [0.2, 0.25) is 10.0 Å². The average molecular weight is 414 g/mol. The molecule has 1 aromatic carbocycles. The maximum atomic E-state index is 13.0. The molecule has 0 unspecified atom stereocenters. The lowest BCUT2D eigenvalue weighted by atomic mass is 10.2. The second kappa shape index (κ2) is 8.06. The molecule has 0 atom stereocenters. The van der Waals surface area contributed by atoms with Gasteiger partial charge in [-0.3, -0.25) is 14.2 Å². The lowest BCUT2D eigenvalue weighted by Crippen LogP contribution is -2.21. The van der Waals surface area contributed by atoms with Crippen LogP contribution in [0.3, 0.4) is 0 Å². The molecule has 0 radical (unpaired) electrons. The van der Waals surface area contributed by atoms with E-state index >= 15 is 0 Å². The van der Waals surface area contributed by atoms with E-state index in [1.54, 1.807) is 42.1 Å². The molecule has 10 heteroatoms. The van der Waals surface area contributed by atoms with Gasteiger partial charge >= 0.3 is 0 Å². The van der Waals surface area contributed by atoms with Gasteiger partial charge in [-0.25, -0.2) is 8.78 Å². The van der Waals surface area contributed by atoms with Crippen LogP contribution in [0.25, 0.3) is 0 Å². The fourth-order valence-electron chi connectivity index (χ4n) is 2.55. The Labute approximate surface area is 163 Å². The molecule has 0 saturated carbocycles. The van der Waals surface area contributed by atoms with Crippen molar-refractivity contribution in [1.29, 1.82) is 0 Å². The number of aromatic nitrogens is 4. The molecule has 0 fully saturated rings. The molecular weight excluding hydrogens is 399 g/mol. The van der Waals surface area contributed by atoms with Crippen LogP contribution >= 0.6 is 23.2 Å². The van der Waals surface area contributed by atoms with Gasteiger partial charge < -0.3 is 5.32 Å². The maximum absolute atomic E-state index is 13.0. The van der Waals surface area contributed by atoms with Crippen molar-refractivity contribution in [1.82, 2.24) is 19.6 Å². The minimum atomic E-state index is -2.71. The molecule has 2 heterocycles. The number of rotatable bonds is 6. The van der Waals surface area contributed by atoms with Gasteiger partial charge in [0.1, 0.15) is 12.2 Å². The van der Waals surface area contributed by atoms with Gasteiger partial charge in [0.15, 0.2) is 5.82 Å². The van der Waals surface area contributed by atoms with Crippen molar-refractivity contribution in [3.8, 4) is 0 Å². The summed E-state index contributed by atoms with van der Waals surface area (Å²) in [5, 5.41) is 11.7. The second-order valence-corrected chi connectivity index (χ2v) is 6.63. The third-order valence-corrected chi connectivity index (χ3v) is 4.45. The van der Waals surface area contributed by atoms with Crippen molar-refractivity contribution in [2.24, 2.45) is 0 Å². The second-order valence-electron chi connectivity index (χ2n) is 5.82. The van der Waals surface area contributed by atoms with Gasteiger partial charge in [0, 0.05) is 27.9 Å². The van der Waals surface area contributed by atoms with Crippen molar-refractivity contribution in [2.75, 3.05) is 5.32 Å². The number of nitrogens with one attached hydrogen (secondary N) is 1. The normalized spacial score (nSPS) is 11.2. The van der Waals surface area contributed by atoms with E-state index < -0.39 is 12.3 Å². The smallest absolute Gasteiger partial charge is 0.280 e. The molecule has 1 amide bonds. The van der Waals surface area contributed by atoms with Crippen LogP contribution in [0.15, 0.2) is 36.5 Å². The summed E-state index contributed by atoms with van der Waals surface area (Å²) < 4.78 is 28.5. The number of carbonyl (C=O) groups is 1. The molecule has 0 aliphatic rings. The molecule has 142 valence electrons. The van der Waals surface area contributed by atoms with E-state index in [0.29, 0.717) is 27.8 Å². The van der Waals surface area contributed by atoms with Crippen molar-refractivity contribution >= 4 is 34.9 Å². The average Bonchev–Trinajstić information content (AvgIpc) is 3.17. The van der Waals surface area contributed by atoms with Crippen LogP contribution in [-0.2, 0) is 17.9 Å². The number of hydrogen-bond donors (Lipinski definition) is 1. The monoisotopic (exact) mass is 413 g/mol. The van der Waals surface area contributed by atoms with Crippen LogP contribution in [-0.4, -0.2) is 25.5 Å². The molecule has 6 nitrogen and oxygen atoms in total. The van der Waals surface area contributed by atoms with E-state index in [-0.39, 0.29) is 18.1 Å². The van der Waals surface area contributed by atoms with Gasteiger partial charge in [-0.1, -0.05) is 29.3 Å². The summed E-state index contributed by atoms with van der Waals surface area (Å²) in [7, 11) is 0. The highest BCUT2D eigenvalue weighted by Crippen LogP contribution is 2.25. The number of alkyl halides is 2. The number of benzene rings is 1. The zero-order valence-corrected chi connectivity index (χ0v) is 15.7. The van der Waals surface area contributed by atoms with Gasteiger partial charge in [0.25, 0.3) is 6.43 Å². The zero-order chi connectivity index (χ0) is 19.6. The SMILES string of the molecule is Cc1cc(C(F)F)n(CC(=O)Nc2ccn(Cc3c(Cl)cccc3Cl)n2)n1. The van der Waals surface area contributed by atoms with E-state index in [9.17, 15) is 13.6 Å². The zero-order valence-electron chi connectivity index (χ0n) is 14.2. The Balaban J connectivity index is 1.66. The van der Waals surface area contributed by atoms with E-state index in [1.165, 1.54) is 6.07 Å². The van der Waals surface area contributed by atoms with Gasteiger partial charge in [-0.2, -0.15) is 10.2 Å². The summed E-state index contributed by atoms with van der Waals surface area (Å²) in [6.45, 7) is 1.57. The van der Waals surface area contributed by atoms with Crippen LogP contribution in [0.1, 0.15) is 23.4 Å². The van der Waals surface area contributed by atoms with E-state index in [0.717, 1.165) is 4.68 Å². The summed E-state index contributed by atoms with van der Waals surface area (Å²) in [6.07, 6.45) is -1.06. The first kappa shape index (κ1) is 19.3. The molecule has 0 bridgehead atoms. The fraction of sp³-hybridized carbons (Fsp3) is 0.235. The van der Waals surface area contributed by atoms with Gasteiger partial charge in [0.2, 0.25) is 5.91 Å². The molecule has 3 aromatic rings. The maximum Gasteiger partial charge on any atom is 0.280 e. The standard InChI is InChI=1S/C17H15Cl2F2N5O/c1-10-7-14(17(20)21)26(23-10)9-16(27)22-15-5-6-25(24-15)8-11-12(18)3-2-4-13(11)19/h2-7,17H,8-9H2,1H3,(H,22,24,27). The Morgan fingerprint density at radius 1 is 1.22 bits per heavy atom.